The van der Waals surface area contributed by atoms with Crippen molar-refractivity contribution < 1.29 is 24.9 Å². The number of hydrogen-bond donors (Lipinski definition) is 3. The number of esters is 1. The van der Waals surface area contributed by atoms with Crippen LogP contribution in [-0.4, -0.2) is 39.8 Å². The Balaban J connectivity index is 0.000000196. The SMILES string of the molecule is CC(C)OC(=O)C(O)C(O)O.c1cc2ccc1-2. The van der Waals surface area contributed by atoms with Crippen molar-refractivity contribution >= 4 is 5.97 Å². The van der Waals surface area contributed by atoms with E-state index in [1.807, 2.05) is 0 Å². The molecule has 5 nitrogen and oxygen atoms in total. The first kappa shape index (κ1) is 13.6. The molecule has 2 aliphatic rings. The van der Waals surface area contributed by atoms with E-state index in [1.165, 1.54) is 11.1 Å². The summed E-state index contributed by atoms with van der Waals surface area (Å²) in [4.78, 5) is 10.6. The van der Waals surface area contributed by atoms with Gasteiger partial charge in [0.25, 0.3) is 0 Å². The van der Waals surface area contributed by atoms with Crippen LogP contribution in [0.15, 0.2) is 24.3 Å². The van der Waals surface area contributed by atoms with Crippen molar-refractivity contribution in [2.75, 3.05) is 0 Å². The highest BCUT2D eigenvalue weighted by atomic mass is 16.6. The Morgan fingerprint density at radius 3 is 1.65 bits per heavy atom. The molecule has 1 unspecified atom stereocenters. The van der Waals surface area contributed by atoms with E-state index in [4.69, 9.17) is 15.3 Å². The van der Waals surface area contributed by atoms with E-state index in [-0.39, 0.29) is 6.10 Å². The van der Waals surface area contributed by atoms with E-state index in [2.05, 4.69) is 29.0 Å². The van der Waals surface area contributed by atoms with Crippen LogP contribution in [0.3, 0.4) is 0 Å². The van der Waals surface area contributed by atoms with Crippen LogP contribution in [0.4, 0.5) is 0 Å². The number of rotatable bonds is 3. The van der Waals surface area contributed by atoms with Crippen LogP contribution in [0.1, 0.15) is 13.8 Å². The molecule has 2 rings (SSSR count). The van der Waals surface area contributed by atoms with Gasteiger partial charge in [0.1, 0.15) is 0 Å². The molecule has 0 aromatic carbocycles. The average molecular weight is 240 g/mol. The lowest BCUT2D eigenvalue weighted by atomic mass is 9.95. The van der Waals surface area contributed by atoms with Gasteiger partial charge in [-0.1, -0.05) is 24.3 Å². The van der Waals surface area contributed by atoms with Crippen molar-refractivity contribution in [2.24, 2.45) is 0 Å². The van der Waals surface area contributed by atoms with Crippen LogP contribution in [0, 0.1) is 0 Å². The second kappa shape index (κ2) is 5.77. The van der Waals surface area contributed by atoms with Crippen LogP contribution in [-0.2, 0) is 9.53 Å². The summed E-state index contributed by atoms with van der Waals surface area (Å²) in [6.07, 6.45) is -4.34. The predicted molar refractivity (Wildman–Crippen MR) is 60.9 cm³/mol. The molecule has 5 heteroatoms. The normalized spacial score (nSPS) is 12.9. The van der Waals surface area contributed by atoms with Crippen molar-refractivity contribution in [1.29, 1.82) is 0 Å². The van der Waals surface area contributed by atoms with Gasteiger partial charge in [-0.3, -0.25) is 0 Å². The molecule has 0 aliphatic heterocycles. The zero-order valence-corrected chi connectivity index (χ0v) is 9.70. The Bertz CT molecular complexity index is 348. The van der Waals surface area contributed by atoms with Gasteiger partial charge in [0.2, 0.25) is 6.10 Å². The second-order valence-electron chi connectivity index (χ2n) is 3.92. The van der Waals surface area contributed by atoms with Crippen molar-refractivity contribution in [3.63, 3.8) is 0 Å². The summed E-state index contributed by atoms with van der Waals surface area (Å²) < 4.78 is 4.46. The number of aliphatic hydroxyl groups is 3. The molecule has 17 heavy (non-hydrogen) atoms. The lowest BCUT2D eigenvalue weighted by molar-refractivity contribution is -0.181. The number of aliphatic hydroxyl groups excluding tert-OH is 2. The van der Waals surface area contributed by atoms with Crippen LogP contribution >= 0.6 is 0 Å². The monoisotopic (exact) mass is 240 g/mol. The summed E-state index contributed by atoms with van der Waals surface area (Å²) in [6.45, 7) is 3.18. The summed E-state index contributed by atoms with van der Waals surface area (Å²) >= 11 is 0. The third-order valence-corrected chi connectivity index (χ3v) is 2.09. The third-order valence-electron chi connectivity index (χ3n) is 2.09. The molecule has 0 spiro atoms. The van der Waals surface area contributed by atoms with Crippen molar-refractivity contribution in [1.82, 2.24) is 0 Å². The largest absolute Gasteiger partial charge is 0.461 e. The van der Waals surface area contributed by atoms with E-state index in [0.717, 1.165) is 0 Å². The van der Waals surface area contributed by atoms with Crippen LogP contribution in [0.5, 0.6) is 0 Å². The number of benzene rings is 1. The maximum Gasteiger partial charge on any atom is 0.340 e. The Morgan fingerprint density at radius 2 is 1.47 bits per heavy atom. The van der Waals surface area contributed by atoms with Crippen molar-refractivity contribution in [3.05, 3.63) is 24.3 Å². The Kier molecular flexibility index (Phi) is 4.62. The molecular formula is C12H16O5. The Labute approximate surface area is 99.3 Å². The molecule has 0 fully saturated rings. The van der Waals surface area contributed by atoms with E-state index >= 15 is 0 Å². The summed E-state index contributed by atoms with van der Waals surface area (Å²) in [5.74, 6) is -1.03. The van der Waals surface area contributed by atoms with E-state index in [1.54, 1.807) is 13.8 Å². The van der Waals surface area contributed by atoms with Gasteiger partial charge in [-0.15, -0.1) is 0 Å². The molecule has 0 bridgehead atoms. The minimum Gasteiger partial charge on any atom is -0.461 e. The van der Waals surface area contributed by atoms with Gasteiger partial charge >= 0.3 is 5.97 Å². The quantitative estimate of drug-likeness (QED) is 0.529. The van der Waals surface area contributed by atoms with Gasteiger partial charge in [-0.2, -0.15) is 0 Å². The smallest absolute Gasteiger partial charge is 0.340 e. The van der Waals surface area contributed by atoms with E-state index in [0.29, 0.717) is 0 Å². The first-order valence-electron chi connectivity index (χ1n) is 5.27. The predicted octanol–water partition coefficient (Wildman–Crippen LogP) is 0.277. The molecular weight excluding hydrogens is 224 g/mol. The maximum absolute atomic E-state index is 10.6. The summed E-state index contributed by atoms with van der Waals surface area (Å²) in [5, 5.41) is 25.3. The molecule has 1 atom stereocenters. The third kappa shape index (κ3) is 3.81. The first-order chi connectivity index (χ1) is 7.91. The molecule has 0 saturated heterocycles. The molecule has 0 aromatic heterocycles. The maximum atomic E-state index is 10.6. The summed E-state index contributed by atoms with van der Waals surface area (Å²) in [5.41, 5.74) is 2.85. The number of fused-ring (bicyclic) bond motifs is 1. The molecule has 94 valence electrons. The molecule has 3 N–H and O–H groups in total. The fourth-order valence-electron chi connectivity index (χ4n) is 1.09. The van der Waals surface area contributed by atoms with E-state index < -0.39 is 18.4 Å². The highest BCUT2D eigenvalue weighted by Gasteiger charge is 2.24. The number of ether oxygens (including phenoxy) is 1. The standard InChI is InChI=1S/C6H12O5.C6H4/c1-3(2)11-6(10)4(7)5(8)9;1-2-6-4-3-5(1)6/h3-5,7-9H,1-2H3;1-4H. The number of carbonyl (C=O) groups excluding carboxylic acids is 1. The van der Waals surface area contributed by atoms with E-state index in [9.17, 15) is 4.79 Å². The molecule has 0 amide bonds. The first-order valence-corrected chi connectivity index (χ1v) is 5.27. The lowest BCUT2D eigenvalue weighted by Crippen LogP contribution is -2.36. The Morgan fingerprint density at radius 1 is 1.06 bits per heavy atom. The fraction of sp³-hybridized carbons (Fsp3) is 0.417. The second-order valence-corrected chi connectivity index (χ2v) is 3.92. The Hall–Kier alpha value is -1.43. The van der Waals surface area contributed by atoms with Crippen molar-refractivity contribution in [3.8, 4) is 11.1 Å². The highest BCUT2D eigenvalue weighted by molar-refractivity contribution is 5.75. The molecule has 0 aromatic rings. The topological polar surface area (TPSA) is 87.0 Å². The van der Waals surface area contributed by atoms with Gasteiger partial charge < -0.3 is 20.1 Å². The zero-order chi connectivity index (χ0) is 13.0. The minimum atomic E-state index is -2.08. The zero-order valence-electron chi connectivity index (χ0n) is 9.70. The van der Waals surface area contributed by atoms with Crippen LogP contribution in [0.25, 0.3) is 11.1 Å². The minimum absolute atomic E-state index is 0.379. The fourth-order valence-corrected chi connectivity index (χ4v) is 1.09. The van der Waals surface area contributed by atoms with Gasteiger partial charge in [-0.05, 0) is 25.0 Å². The summed E-state index contributed by atoms with van der Waals surface area (Å²) in [7, 11) is 0. The number of hydrogen-bond acceptors (Lipinski definition) is 5. The molecule has 0 saturated carbocycles. The average Bonchev–Trinajstić information content (AvgIpc) is 2.22. The lowest BCUT2D eigenvalue weighted by Gasteiger charge is -2.13. The van der Waals surface area contributed by atoms with Crippen LogP contribution < -0.4 is 0 Å². The molecule has 2 aliphatic carbocycles. The molecule has 0 heterocycles. The highest BCUT2D eigenvalue weighted by Crippen LogP contribution is 2.29. The van der Waals surface area contributed by atoms with Gasteiger partial charge in [-0.25, -0.2) is 4.79 Å². The molecule has 0 radical (unpaired) electrons. The summed E-state index contributed by atoms with van der Waals surface area (Å²) in [6, 6.07) is 8.48. The van der Waals surface area contributed by atoms with Gasteiger partial charge in [0.05, 0.1) is 6.10 Å². The van der Waals surface area contributed by atoms with Crippen LogP contribution in [0.2, 0.25) is 0 Å². The van der Waals surface area contributed by atoms with Crippen molar-refractivity contribution in [2.45, 2.75) is 32.3 Å². The number of carbonyl (C=O) groups is 1. The van der Waals surface area contributed by atoms with Gasteiger partial charge in [0.15, 0.2) is 6.29 Å². The van der Waals surface area contributed by atoms with Gasteiger partial charge in [0, 0.05) is 0 Å².